The summed E-state index contributed by atoms with van der Waals surface area (Å²) in [5, 5.41) is 9.47. The van der Waals surface area contributed by atoms with Gasteiger partial charge in [-0.2, -0.15) is 14.6 Å². The van der Waals surface area contributed by atoms with Gasteiger partial charge in [0.05, 0.1) is 16.8 Å². The van der Waals surface area contributed by atoms with Gasteiger partial charge in [0.1, 0.15) is 23.8 Å². The fraction of sp³-hybridized carbons (Fsp3) is 0.176. The lowest BCUT2D eigenvalue weighted by Crippen LogP contribution is -2.23. The number of unbranched alkanes of at least 4 members (excludes halogenated alkanes) is 1. The summed E-state index contributed by atoms with van der Waals surface area (Å²) in [4.78, 5) is 18.7. The van der Waals surface area contributed by atoms with Crippen molar-refractivity contribution in [3.63, 3.8) is 0 Å². The third-order valence-corrected chi connectivity index (χ3v) is 7.89. The number of fused-ring (bicyclic) bond motifs is 1. The molecular formula is C34H31N5O3S. The molecule has 6 rings (SSSR count). The van der Waals surface area contributed by atoms with E-state index in [1.165, 1.54) is 15.9 Å². The number of aromatic nitrogens is 5. The van der Waals surface area contributed by atoms with E-state index in [1.807, 2.05) is 96.7 Å². The van der Waals surface area contributed by atoms with Crippen LogP contribution in [-0.4, -0.2) is 37.6 Å². The van der Waals surface area contributed by atoms with Crippen LogP contribution in [0.15, 0.2) is 96.4 Å². The Bertz CT molecular complexity index is 1990. The van der Waals surface area contributed by atoms with Gasteiger partial charge in [0.25, 0.3) is 5.56 Å². The number of hydrogen-bond acceptors (Lipinski definition) is 7. The van der Waals surface area contributed by atoms with Gasteiger partial charge in [-0.1, -0.05) is 55.5 Å². The molecule has 6 aromatic rings. The minimum Gasteiger partial charge on any atom is -0.494 e. The zero-order chi connectivity index (χ0) is 29.8. The Morgan fingerprint density at radius 1 is 0.977 bits per heavy atom. The summed E-state index contributed by atoms with van der Waals surface area (Å²) < 4.78 is 15.2. The second-order valence-corrected chi connectivity index (χ2v) is 11.1. The van der Waals surface area contributed by atoms with Crippen molar-refractivity contribution in [3.8, 4) is 39.8 Å². The summed E-state index contributed by atoms with van der Waals surface area (Å²) in [7, 11) is 0. The van der Waals surface area contributed by atoms with Crippen molar-refractivity contribution in [1.82, 2.24) is 24.4 Å². The van der Waals surface area contributed by atoms with E-state index in [4.69, 9.17) is 14.6 Å². The van der Waals surface area contributed by atoms with Crippen LogP contribution in [-0.2, 0) is 0 Å². The number of ether oxygens (including phenoxy) is 2. The number of thiazole rings is 1. The molecule has 0 saturated heterocycles. The largest absolute Gasteiger partial charge is 0.494 e. The summed E-state index contributed by atoms with van der Waals surface area (Å²) >= 11 is 1.31. The van der Waals surface area contributed by atoms with E-state index in [-0.39, 0.29) is 5.56 Å². The molecule has 9 heteroatoms. The molecular weight excluding hydrogens is 558 g/mol. The predicted octanol–water partition coefficient (Wildman–Crippen LogP) is 6.27. The van der Waals surface area contributed by atoms with Crippen LogP contribution in [0.25, 0.3) is 39.4 Å². The van der Waals surface area contributed by atoms with Crippen LogP contribution < -0.4 is 19.6 Å². The van der Waals surface area contributed by atoms with Gasteiger partial charge in [0, 0.05) is 22.9 Å². The zero-order valence-electron chi connectivity index (χ0n) is 24.1. The summed E-state index contributed by atoms with van der Waals surface area (Å²) in [6.45, 7) is 8.99. The van der Waals surface area contributed by atoms with Crippen molar-refractivity contribution < 1.29 is 9.47 Å². The van der Waals surface area contributed by atoms with E-state index in [0.29, 0.717) is 28.5 Å². The molecule has 43 heavy (non-hydrogen) atoms. The van der Waals surface area contributed by atoms with Crippen molar-refractivity contribution in [3.05, 3.63) is 118 Å². The predicted molar refractivity (Wildman–Crippen MR) is 171 cm³/mol. The van der Waals surface area contributed by atoms with Gasteiger partial charge in [0.2, 0.25) is 4.96 Å². The molecule has 3 aromatic carbocycles. The molecule has 0 N–H and O–H groups in total. The Balaban J connectivity index is 1.37. The van der Waals surface area contributed by atoms with E-state index in [9.17, 15) is 4.79 Å². The molecule has 0 amide bonds. The average molecular weight is 590 g/mol. The maximum Gasteiger partial charge on any atom is 0.291 e. The first-order valence-electron chi connectivity index (χ1n) is 14.2. The van der Waals surface area contributed by atoms with E-state index in [2.05, 4.69) is 23.6 Å². The van der Waals surface area contributed by atoms with E-state index in [1.54, 1.807) is 6.08 Å². The Hall–Kier alpha value is -5.02. The lowest BCUT2D eigenvalue weighted by atomic mass is 10.0. The number of benzene rings is 3. The molecule has 0 aliphatic rings. The smallest absolute Gasteiger partial charge is 0.291 e. The zero-order valence-corrected chi connectivity index (χ0v) is 24.9. The Kier molecular flexibility index (Phi) is 8.15. The van der Waals surface area contributed by atoms with Crippen LogP contribution in [0.2, 0.25) is 0 Å². The Labute approximate surface area is 253 Å². The Morgan fingerprint density at radius 2 is 1.77 bits per heavy atom. The lowest BCUT2D eigenvalue weighted by molar-refractivity contribution is 0.309. The molecule has 0 aliphatic heterocycles. The second-order valence-electron chi connectivity index (χ2n) is 10.1. The van der Waals surface area contributed by atoms with Crippen LogP contribution in [0.1, 0.15) is 30.9 Å². The minimum absolute atomic E-state index is 0.221. The summed E-state index contributed by atoms with van der Waals surface area (Å²) in [6.07, 6.45) is 7.62. The first-order chi connectivity index (χ1) is 21.0. The average Bonchev–Trinajstić information content (AvgIpc) is 3.72. The van der Waals surface area contributed by atoms with Crippen LogP contribution in [0.3, 0.4) is 0 Å². The fourth-order valence-corrected chi connectivity index (χ4v) is 5.59. The molecule has 8 nitrogen and oxygen atoms in total. The van der Waals surface area contributed by atoms with Crippen molar-refractivity contribution in [2.45, 2.75) is 26.7 Å². The molecule has 0 radical (unpaired) electrons. The van der Waals surface area contributed by atoms with Crippen LogP contribution in [0.5, 0.6) is 11.5 Å². The monoisotopic (exact) mass is 589 g/mol. The number of nitrogens with zero attached hydrogens (tertiary/aromatic N) is 5. The Morgan fingerprint density at radius 3 is 2.49 bits per heavy atom. The third kappa shape index (κ3) is 5.98. The van der Waals surface area contributed by atoms with Gasteiger partial charge in [-0.3, -0.25) is 4.79 Å². The highest BCUT2D eigenvalue weighted by molar-refractivity contribution is 7.15. The minimum atomic E-state index is -0.221. The summed E-state index contributed by atoms with van der Waals surface area (Å²) in [5.41, 5.74) is 5.05. The van der Waals surface area contributed by atoms with Crippen molar-refractivity contribution in [1.29, 1.82) is 0 Å². The van der Waals surface area contributed by atoms with E-state index < -0.39 is 0 Å². The SMILES string of the molecule is C=CCOc1ccc(-c2nn(-c3ccccc3)cc2/C=c2\sc3nc(-c4ccc(OCCCC)cc4)nn3c2=O)c(C)c1. The fourth-order valence-electron chi connectivity index (χ4n) is 4.69. The van der Waals surface area contributed by atoms with Crippen molar-refractivity contribution in [2.75, 3.05) is 13.2 Å². The molecule has 3 aromatic heterocycles. The van der Waals surface area contributed by atoms with Gasteiger partial charge in [-0.05, 0) is 79.6 Å². The lowest BCUT2D eigenvalue weighted by Gasteiger charge is -2.08. The highest BCUT2D eigenvalue weighted by Gasteiger charge is 2.16. The quantitative estimate of drug-likeness (QED) is 0.131. The van der Waals surface area contributed by atoms with Gasteiger partial charge >= 0.3 is 0 Å². The first kappa shape index (κ1) is 28.1. The number of rotatable bonds is 11. The number of hydrogen-bond donors (Lipinski definition) is 0. The van der Waals surface area contributed by atoms with Gasteiger partial charge in [-0.25, -0.2) is 4.68 Å². The molecule has 0 saturated carbocycles. The highest BCUT2D eigenvalue weighted by atomic mass is 32.1. The normalized spacial score (nSPS) is 11.7. The van der Waals surface area contributed by atoms with Gasteiger partial charge in [0.15, 0.2) is 5.82 Å². The molecule has 0 aliphatic carbocycles. The molecule has 0 unspecified atom stereocenters. The molecule has 0 atom stereocenters. The van der Waals surface area contributed by atoms with Crippen molar-refractivity contribution in [2.24, 2.45) is 0 Å². The molecule has 216 valence electrons. The molecule has 0 spiro atoms. The van der Waals surface area contributed by atoms with Gasteiger partial charge < -0.3 is 9.47 Å². The first-order valence-corrected chi connectivity index (χ1v) is 15.0. The van der Waals surface area contributed by atoms with E-state index in [0.717, 1.165) is 58.0 Å². The van der Waals surface area contributed by atoms with Gasteiger partial charge in [-0.15, -0.1) is 5.10 Å². The maximum atomic E-state index is 13.5. The summed E-state index contributed by atoms with van der Waals surface area (Å²) in [5.74, 6) is 2.07. The van der Waals surface area contributed by atoms with Crippen molar-refractivity contribution >= 4 is 22.4 Å². The maximum absolute atomic E-state index is 13.5. The van der Waals surface area contributed by atoms with E-state index >= 15 is 0 Å². The number of aryl methyl sites for hydroxylation is 1. The summed E-state index contributed by atoms with van der Waals surface area (Å²) in [6, 6.07) is 23.4. The van der Waals surface area contributed by atoms with Crippen LogP contribution in [0, 0.1) is 6.92 Å². The highest BCUT2D eigenvalue weighted by Crippen LogP contribution is 2.30. The topological polar surface area (TPSA) is 83.5 Å². The third-order valence-electron chi connectivity index (χ3n) is 6.93. The number of para-hydroxylation sites is 1. The molecule has 0 bridgehead atoms. The standard InChI is InChI=1S/C34H31N5O3S/c1-4-6-19-42-27-14-12-24(13-15-27)32-35-34-39(37-32)33(40)30(43-34)21-25-22-38(26-10-8-7-9-11-26)36-31(25)29-17-16-28(20-23(29)3)41-18-5-2/h5,7-17,20-22H,2,4,6,18-19H2,1,3H3/b30-21-. The molecule has 3 heterocycles. The van der Waals surface area contributed by atoms with Crippen LogP contribution in [0.4, 0.5) is 0 Å². The van der Waals surface area contributed by atoms with Crippen LogP contribution >= 0.6 is 11.3 Å². The molecule has 0 fully saturated rings. The second kappa shape index (κ2) is 12.5.